The minimum absolute atomic E-state index is 0.0334. The van der Waals surface area contributed by atoms with Gasteiger partial charge >= 0.3 is 0 Å². The van der Waals surface area contributed by atoms with Crippen LogP contribution in [0.4, 0.5) is 11.4 Å². The van der Waals surface area contributed by atoms with Crippen molar-refractivity contribution in [3.8, 4) is 11.5 Å². The van der Waals surface area contributed by atoms with Gasteiger partial charge in [-0.3, -0.25) is 9.59 Å². The second-order valence-corrected chi connectivity index (χ2v) is 8.21. The van der Waals surface area contributed by atoms with Gasteiger partial charge in [0.25, 0.3) is 0 Å². The number of fused-ring (bicyclic) bond motifs is 1. The van der Waals surface area contributed by atoms with Gasteiger partial charge in [-0.25, -0.2) is 0 Å². The molecule has 0 bridgehead atoms. The van der Waals surface area contributed by atoms with Gasteiger partial charge in [0.2, 0.25) is 11.8 Å². The highest BCUT2D eigenvalue weighted by Gasteiger charge is 2.37. The van der Waals surface area contributed by atoms with E-state index in [1.54, 1.807) is 12.0 Å². The lowest BCUT2D eigenvalue weighted by molar-refractivity contribution is -0.127. The van der Waals surface area contributed by atoms with Crippen molar-refractivity contribution >= 4 is 23.2 Å². The Morgan fingerprint density at radius 1 is 1.20 bits per heavy atom. The zero-order valence-electron chi connectivity index (χ0n) is 18.2. The Kier molecular flexibility index (Phi) is 6.65. The van der Waals surface area contributed by atoms with E-state index in [9.17, 15) is 9.59 Å². The standard InChI is InChI=1S/C24H30N2O4/c1-5-14-26-20-15-18(9-12-21(20)30-16-24(2,3)23(26)28)25-22(27)13-8-17-6-10-19(29-4)11-7-17/h6-7,9-12,15H,5,8,13-14,16H2,1-4H3,(H,25,27). The van der Waals surface area contributed by atoms with Gasteiger partial charge in [-0.05, 0) is 62.6 Å². The van der Waals surface area contributed by atoms with Gasteiger partial charge in [-0.1, -0.05) is 19.1 Å². The molecule has 3 rings (SSSR count). The SMILES string of the molecule is CCCN1C(=O)C(C)(C)COc2ccc(NC(=O)CCc3ccc(OC)cc3)cc21. The fraction of sp³-hybridized carbons (Fsp3) is 0.417. The molecular formula is C24H30N2O4. The van der Waals surface area contributed by atoms with Crippen LogP contribution in [-0.4, -0.2) is 32.1 Å². The number of aryl methyl sites for hydroxylation is 1. The van der Waals surface area contributed by atoms with E-state index in [0.717, 1.165) is 17.7 Å². The Morgan fingerprint density at radius 3 is 2.60 bits per heavy atom. The normalized spacial score (nSPS) is 15.1. The number of carbonyl (C=O) groups excluding carboxylic acids is 2. The Hall–Kier alpha value is -3.02. The van der Waals surface area contributed by atoms with Crippen molar-refractivity contribution in [1.82, 2.24) is 0 Å². The molecule has 0 radical (unpaired) electrons. The van der Waals surface area contributed by atoms with Crippen LogP contribution in [0.2, 0.25) is 0 Å². The molecule has 2 aromatic rings. The molecule has 6 heteroatoms. The number of hydrogen-bond acceptors (Lipinski definition) is 4. The van der Waals surface area contributed by atoms with Gasteiger partial charge in [0.05, 0.1) is 18.2 Å². The molecule has 0 unspecified atom stereocenters. The Bertz CT molecular complexity index is 906. The largest absolute Gasteiger partial charge is 0.497 e. The van der Waals surface area contributed by atoms with Crippen LogP contribution in [0.25, 0.3) is 0 Å². The maximum Gasteiger partial charge on any atom is 0.236 e. The van der Waals surface area contributed by atoms with Crippen molar-refractivity contribution in [2.75, 3.05) is 30.5 Å². The number of amides is 2. The third kappa shape index (κ3) is 4.93. The predicted octanol–water partition coefficient (Wildman–Crippen LogP) is 4.43. The molecule has 6 nitrogen and oxygen atoms in total. The molecule has 0 atom stereocenters. The van der Waals surface area contributed by atoms with Gasteiger partial charge in [0.1, 0.15) is 18.1 Å². The fourth-order valence-electron chi connectivity index (χ4n) is 3.44. The van der Waals surface area contributed by atoms with Crippen LogP contribution in [0.3, 0.4) is 0 Å². The maximum atomic E-state index is 13.0. The Morgan fingerprint density at radius 2 is 1.93 bits per heavy atom. The highest BCUT2D eigenvalue weighted by atomic mass is 16.5. The first-order valence-corrected chi connectivity index (χ1v) is 10.4. The van der Waals surface area contributed by atoms with Gasteiger partial charge in [0.15, 0.2) is 0 Å². The minimum atomic E-state index is -0.601. The van der Waals surface area contributed by atoms with Crippen LogP contribution >= 0.6 is 0 Å². The summed E-state index contributed by atoms with van der Waals surface area (Å²) in [4.78, 5) is 27.3. The minimum Gasteiger partial charge on any atom is -0.497 e. The topological polar surface area (TPSA) is 67.9 Å². The van der Waals surface area contributed by atoms with Crippen LogP contribution in [0.15, 0.2) is 42.5 Å². The van der Waals surface area contributed by atoms with E-state index in [2.05, 4.69) is 5.32 Å². The van der Waals surface area contributed by atoms with Crippen LogP contribution in [0, 0.1) is 5.41 Å². The van der Waals surface area contributed by atoms with E-state index in [-0.39, 0.29) is 11.8 Å². The molecule has 0 aromatic heterocycles. The molecule has 0 fully saturated rings. The molecule has 2 amide bonds. The molecule has 0 aliphatic carbocycles. The van der Waals surface area contributed by atoms with E-state index < -0.39 is 5.41 Å². The number of methoxy groups -OCH3 is 1. The van der Waals surface area contributed by atoms with E-state index in [1.807, 2.05) is 63.2 Å². The third-order valence-corrected chi connectivity index (χ3v) is 5.19. The molecule has 0 saturated carbocycles. The lowest BCUT2D eigenvalue weighted by atomic mass is 9.93. The van der Waals surface area contributed by atoms with Crippen molar-refractivity contribution in [1.29, 1.82) is 0 Å². The summed E-state index contributed by atoms with van der Waals surface area (Å²) in [6, 6.07) is 13.2. The van der Waals surface area contributed by atoms with E-state index in [1.165, 1.54) is 0 Å². The average molecular weight is 411 g/mol. The first kappa shape index (κ1) is 21.7. The highest BCUT2D eigenvalue weighted by molar-refractivity contribution is 6.00. The summed E-state index contributed by atoms with van der Waals surface area (Å²) >= 11 is 0. The molecule has 0 saturated heterocycles. The summed E-state index contributed by atoms with van der Waals surface area (Å²) in [5.74, 6) is 1.42. The number of carbonyl (C=O) groups is 2. The van der Waals surface area contributed by atoms with Crippen molar-refractivity contribution in [3.63, 3.8) is 0 Å². The molecular weight excluding hydrogens is 380 g/mol. The summed E-state index contributed by atoms with van der Waals surface area (Å²) < 4.78 is 11.1. The number of rotatable bonds is 7. The molecule has 1 heterocycles. The first-order chi connectivity index (χ1) is 14.3. The van der Waals surface area contributed by atoms with Crippen molar-refractivity contribution < 1.29 is 19.1 Å². The van der Waals surface area contributed by atoms with E-state index in [4.69, 9.17) is 9.47 Å². The summed E-state index contributed by atoms with van der Waals surface area (Å²) in [7, 11) is 1.63. The lowest BCUT2D eigenvalue weighted by Gasteiger charge is -2.27. The number of anilines is 2. The summed E-state index contributed by atoms with van der Waals surface area (Å²) in [5.41, 5.74) is 1.84. The zero-order valence-corrected chi connectivity index (χ0v) is 18.2. The molecule has 1 aliphatic rings. The van der Waals surface area contributed by atoms with Gasteiger partial charge in [0, 0.05) is 18.7 Å². The average Bonchev–Trinajstić information content (AvgIpc) is 2.83. The summed E-state index contributed by atoms with van der Waals surface area (Å²) in [5, 5.41) is 2.95. The summed E-state index contributed by atoms with van der Waals surface area (Å²) in [6.07, 6.45) is 1.84. The highest BCUT2D eigenvalue weighted by Crippen LogP contribution is 2.38. The molecule has 0 spiro atoms. The second-order valence-electron chi connectivity index (χ2n) is 8.21. The van der Waals surface area contributed by atoms with Crippen LogP contribution in [-0.2, 0) is 16.0 Å². The number of nitrogens with one attached hydrogen (secondary N) is 1. The molecule has 2 aromatic carbocycles. The van der Waals surface area contributed by atoms with Crippen molar-refractivity contribution in [2.45, 2.75) is 40.0 Å². The zero-order chi connectivity index (χ0) is 21.7. The molecule has 1 aliphatic heterocycles. The third-order valence-electron chi connectivity index (χ3n) is 5.19. The Balaban J connectivity index is 1.71. The number of hydrogen-bond donors (Lipinski definition) is 1. The molecule has 1 N–H and O–H groups in total. The van der Waals surface area contributed by atoms with Crippen LogP contribution in [0.5, 0.6) is 11.5 Å². The number of nitrogens with zero attached hydrogens (tertiary/aromatic N) is 1. The van der Waals surface area contributed by atoms with Crippen molar-refractivity contribution in [2.24, 2.45) is 5.41 Å². The van der Waals surface area contributed by atoms with Gasteiger partial charge in [-0.2, -0.15) is 0 Å². The van der Waals surface area contributed by atoms with Crippen LogP contribution < -0.4 is 19.7 Å². The molecule has 160 valence electrons. The van der Waals surface area contributed by atoms with Crippen LogP contribution in [0.1, 0.15) is 39.2 Å². The fourth-order valence-corrected chi connectivity index (χ4v) is 3.44. The number of ether oxygens (including phenoxy) is 2. The predicted molar refractivity (Wildman–Crippen MR) is 118 cm³/mol. The smallest absolute Gasteiger partial charge is 0.236 e. The van der Waals surface area contributed by atoms with E-state index >= 15 is 0 Å². The van der Waals surface area contributed by atoms with E-state index in [0.29, 0.717) is 43.1 Å². The maximum absolute atomic E-state index is 13.0. The lowest BCUT2D eigenvalue weighted by Crippen LogP contribution is -2.42. The summed E-state index contributed by atoms with van der Waals surface area (Å²) in [6.45, 7) is 6.76. The van der Waals surface area contributed by atoms with Crippen molar-refractivity contribution in [3.05, 3.63) is 48.0 Å². The Labute approximate surface area is 178 Å². The number of benzene rings is 2. The second kappa shape index (κ2) is 9.20. The van der Waals surface area contributed by atoms with Gasteiger partial charge < -0.3 is 19.7 Å². The quantitative estimate of drug-likeness (QED) is 0.733. The monoisotopic (exact) mass is 410 g/mol. The van der Waals surface area contributed by atoms with Gasteiger partial charge in [-0.15, -0.1) is 0 Å². The first-order valence-electron chi connectivity index (χ1n) is 10.4. The molecule has 30 heavy (non-hydrogen) atoms.